The van der Waals surface area contributed by atoms with Crippen LogP contribution < -0.4 is 5.32 Å². The first-order chi connectivity index (χ1) is 12.6. The van der Waals surface area contributed by atoms with E-state index in [0.717, 1.165) is 22.4 Å². The summed E-state index contributed by atoms with van der Waals surface area (Å²) in [6.45, 7) is 3.77. The Morgan fingerprint density at radius 3 is 2.69 bits per heavy atom. The van der Waals surface area contributed by atoms with Gasteiger partial charge in [-0.3, -0.25) is 14.3 Å². The molecule has 6 nitrogen and oxygen atoms in total. The zero-order valence-electron chi connectivity index (χ0n) is 14.5. The first-order valence-electron chi connectivity index (χ1n) is 8.26. The summed E-state index contributed by atoms with van der Waals surface area (Å²) in [6, 6.07) is 13.1. The Morgan fingerprint density at radius 2 is 1.88 bits per heavy atom. The second-order valence-corrected chi connectivity index (χ2v) is 6.00. The smallest absolute Gasteiger partial charge is 0.256 e. The Morgan fingerprint density at radius 1 is 1.04 bits per heavy atom. The number of anilines is 1. The molecule has 0 atom stereocenters. The number of carbonyl (C=O) groups is 1. The quantitative estimate of drug-likeness (QED) is 0.616. The largest absolute Gasteiger partial charge is 0.319 e. The number of pyridine rings is 2. The number of hydrogen-bond acceptors (Lipinski definition) is 4. The predicted octanol–water partition coefficient (Wildman–Crippen LogP) is 3.68. The Balaban J connectivity index is 1.76. The number of fused-ring (bicyclic) bond motifs is 1. The van der Waals surface area contributed by atoms with Gasteiger partial charge < -0.3 is 5.32 Å². The molecule has 0 saturated heterocycles. The molecule has 1 aromatic carbocycles. The SMILES string of the molecule is Cc1cc(C(=O)Nc2cccnc2-n2ccnc2C)c2ccccc2n1. The summed E-state index contributed by atoms with van der Waals surface area (Å²) in [4.78, 5) is 26.1. The summed E-state index contributed by atoms with van der Waals surface area (Å²) in [7, 11) is 0. The van der Waals surface area contributed by atoms with Crippen LogP contribution in [-0.2, 0) is 0 Å². The van der Waals surface area contributed by atoms with Gasteiger partial charge in [-0.2, -0.15) is 0 Å². The average Bonchev–Trinajstić information content (AvgIpc) is 3.07. The normalized spacial score (nSPS) is 10.8. The minimum absolute atomic E-state index is 0.196. The van der Waals surface area contributed by atoms with Crippen LogP contribution in [0.25, 0.3) is 16.7 Å². The third-order valence-electron chi connectivity index (χ3n) is 4.18. The molecule has 128 valence electrons. The van der Waals surface area contributed by atoms with Crippen molar-refractivity contribution in [2.24, 2.45) is 0 Å². The van der Waals surface area contributed by atoms with Gasteiger partial charge >= 0.3 is 0 Å². The maximum Gasteiger partial charge on any atom is 0.256 e. The molecule has 0 aliphatic heterocycles. The van der Waals surface area contributed by atoms with Crippen LogP contribution in [0.3, 0.4) is 0 Å². The molecule has 1 N–H and O–H groups in total. The Hall–Kier alpha value is -3.54. The van der Waals surface area contributed by atoms with Crippen molar-refractivity contribution >= 4 is 22.5 Å². The maximum absolute atomic E-state index is 13.0. The summed E-state index contributed by atoms with van der Waals surface area (Å²) in [5, 5.41) is 3.80. The summed E-state index contributed by atoms with van der Waals surface area (Å²) in [6.07, 6.45) is 5.21. The van der Waals surface area contributed by atoms with Crippen molar-refractivity contribution in [3.63, 3.8) is 0 Å². The summed E-state index contributed by atoms with van der Waals surface area (Å²) < 4.78 is 1.84. The molecule has 0 spiro atoms. The van der Waals surface area contributed by atoms with Crippen molar-refractivity contribution < 1.29 is 4.79 Å². The summed E-state index contributed by atoms with van der Waals surface area (Å²) >= 11 is 0. The highest BCUT2D eigenvalue weighted by molar-refractivity contribution is 6.12. The maximum atomic E-state index is 13.0. The third-order valence-corrected chi connectivity index (χ3v) is 4.18. The molecule has 26 heavy (non-hydrogen) atoms. The van der Waals surface area contributed by atoms with E-state index in [1.165, 1.54) is 0 Å². The van der Waals surface area contributed by atoms with Gasteiger partial charge in [0.25, 0.3) is 5.91 Å². The van der Waals surface area contributed by atoms with Gasteiger partial charge in [0.2, 0.25) is 0 Å². The fourth-order valence-electron chi connectivity index (χ4n) is 2.97. The average molecular weight is 343 g/mol. The van der Waals surface area contributed by atoms with E-state index >= 15 is 0 Å². The van der Waals surface area contributed by atoms with Gasteiger partial charge in [0.1, 0.15) is 5.82 Å². The van der Waals surface area contributed by atoms with Crippen molar-refractivity contribution in [1.29, 1.82) is 0 Å². The molecule has 4 rings (SSSR count). The first-order valence-corrected chi connectivity index (χ1v) is 8.26. The van der Waals surface area contributed by atoms with Crippen LogP contribution in [0.5, 0.6) is 0 Å². The van der Waals surface area contributed by atoms with Gasteiger partial charge in [0.15, 0.2) is 5.82 Å². The minimum Gasteiger partial charge on any atom is -0.319 e. The van der Waals surface area contributed by atoms with Gasteiger partial charge in [-0.15, -0.1) is 0 Å². The third kappa shape index (κ3) is 2.82. The molecule has 6 heteroatoms. The standard InChI is InChI=1S/C20H17N5O/c1-13-12-16(15-6-3-4-7-17(15)23-13)20(26)24-18-8-5-9-22-19(18)25-11-10-21-14(25)2/h3-12H,1-2H3,(H,24,26). The van der Waals surface area contributed by atoms with Crippen molar-refractivity contribution in [2.75, 3.05) is 5.32 Å². The van der Waals surface area contributed by atoms with E-state index in [1.54, 1.807) is 24.5 Å². The molecule has 0 aliphatic carbocycles. The molecular formula is C20H17N5O. The highest BCUT2D eigenvalue weighted by Gasteiger charge is 2.15. The lowest BCUT2D eigenvalue weighted by molar-refractivity contribution is 0.102. The zero-order chi connectivity index (χ0) is 18.1. The second kappa shape index (κ2) is 6.40. The number of aromatic nitrogens is 4. The molecular weight excluding hydrogens is 326 g/mol. The van der Waals surface area contributed by atoms with E-state index in [2.05, 4.69) is 20.3 Å². The lowest BCUT2D eigenvalue weighted by Crippen LogP contribution is -2.15. The van der Waals surface area contributed by atoms with Gasteiger partial charge in [-0.25, -0.2) is 9.97 Å². The van der Waals surface area contributed by atoms with Crippen molar-refractivity contribution in [1.82, 2.24) is 19.5 Å². The summed E-state index contributed by atoms with van der Waals surface area (Å²) in [5.41, 5.74) is 2.81. The van der Waals surface area contributed by atoms with Crippen LogP contribution in [0.1, 0.15) is 21.9 Å². The van der Waals surface area contributed by atoms with Crippen LogP contribution in [0, 0.1) is 13.8 Å². The van der Waals surface area contributed by atoms with Crippen molar-refractivity contribution in [3.05, 3.63) is 78.1 Å². The molecule has 0 bridgehead atoms. The van der Waals surface area contributed by atoms with Crippen LogP contribution in [0.15, 0.2) is 61.1 Å². The number of nitrogens with zero attached hydrogens (tertiary/aromatic N) is 4. The van der Waals surface area contributed by atoms with Crippen LogP contribution in [0.2, 0.25) is 0 Å². The van der Waals surface area contributed by atoms with E-state index in [9.17, 15) is 4.79 Å². The molecule has 0 aliphatic rings. The first kappa shape index (κ1) is 16.0. The molecule has 0 fully saturated rings. The highest BCUT2D eigenvalue weighted by atomic mass is 16.1. The van der Waals surface area contributed by atoms with E-state index in [4.69, 9.17) is 0 Å². The number of imidazole rings is 1. The monoisotopic (exact) mass is 343 g/mol. The fraction of sp³-hybridized carbons (Fsp3) is 0.100. The predicted molar refractivity (Wildman–Crippen MR) is 101 cm³/mol. The zero-order valence-corrected chi connectivity index (χ0v) is 14.5. The number of nitrogens with one attached hydrogen (secondary N) is 1. The number of rotatable bonds is 3. The molecule has 3 heterocycles. The number of amides is 1. The van der Waals surface area contributed by atoms with E-state index in [1.807, 2.05) is 54.9 Å². The molecule has 0 saturated carbocycles. The van der Waals surface area contributed by atoms with Crippen molar-refractivity contribution in [2.45, 2.75) is 13.8 Å². The van der Waals surface area contributed by atoms with E-state index < -0.39 is 0 Å². The van der Waals surface area contributed by atoms with Gasteiger partial charge in [0.05, 0.1) is 16.8 Å². The fourth-order valence-corrected chi connectivity index (χ4v) is 2.97. The molecule has 3 aromatic heterocycles. The molecule has 1 amide bonds. The number of benzene rings is 1. The lowest BCUT2D eigenvalue weighted by Gasteiger charge is -2.13. The van der Waals surface area contributed by atoms with E-state index in [-0.39, 0.29) is 5.91 Å². The van der Waals surface area contributed by atoms with Gasteiger partial charge in [-0.1, -0.05) is 18.2 Å². The van der Waals surface area contributed by atoms with Crippen molar-refractivity contribution in [3.8, 4) is 5.82 Å². The number of para-hydroxylation sites is 1. The molecule has 4 aromatic rings. The lowest BCUT2D eigenvalue weighted by atomic mass is 10.1. The van der Waals surface area contributed by atoms with Crippen LogP contribution in [-0.4, -0.2) is 25.4 Å². The van der Waals surface area contributed by atoms with Gasteiger partial charge in [-0.05, 0) is 38.1 Å². The highest BCUT2D eigenvalue weighted by Crippen LogP contribution is 2.22. The van der Waals surface area contributed by atoms with Gasteiger partial charge in [0, 0.05) is 29.7 Å². The topological polar surface area (TPSA) is 72.7 Å². The van der Waals surface area contributed by atoms with E-state index in [0.29, 0.717) is 17.1 Å². The molecule has 0 unspecified atom stereocenters. The van der Waals surface area contributed by atoms with Crippen LogP contribution >= 0.6 is 0 Å². The number of aryl methyl sites for hydroxylation is 2. The Labute approximate surface area is 150 Å². The number of hydrogen-bond donors (Lipinski definition) is 1. The Kier molecular flexibility index (Phi) is 3.93. The minimum atomic E-state index is -0.196. The molecule has 0 radical (unpaired) electrons. The van der Waals surface area contributed by atoms with Crippen LogP contribution in [0.4, 0.5) is 5.69 Å². The number of carbonyl (C=O) groups excluding carboxylic acids is 1. The Bertz CT molecular complexity index is 1120. The summed E-state index contributed by atoms with van der Waals surface area (Å²) in [5.74, 6) is 1.23. The second-order valence-electron chi connectivity index (χ2n) is 6.00.